The number of carboxylic acid groups (broad SMARTS) is 1. The largest absolute Gasteiger partial charge is 0.481 e. The summed E-state index contributed by atoms with van der Waals surface area (Å²) >= 11 is 0. The number of carboxylic acids is 1. The summed E-state index contributed by atoms with van der Waals surface area (Å²) in [5.41, 5.74) is 5.96. The van der Waals surface area contributed by atoms with Gasteiger partial charge in [0, 0.05) is 37.7 Å². The molecule has 2 bridgehead atoms. The van der Waals surface area contributed by atoms with Crippen molar-refractivity contribution in [2.75, 3.05) is 0 Å². The highest BCUT2D eigenvalue weighted by molar-refractivity contribution is 5.82. The zero-order valence-corrected chi connectivity index (χ0v) is 27.8. The van der Waals surface area contributed by atoms with E-state index in [0.29, 0.717) is 0 Å². The molecule has 15 unspecified atom stereocenters. The molecule has 0 aromatic heterocycles. The van der Waals surface area contributed by atoms with Gasteiger partial charge >= 0.3 is 11.9 Å². The van der Waals surface area contributed by atoms with E-state index in [-0.39, 0.29) is 12.3 Å². The van der Waals surface area contributed by atoms with Crippen LogP contribution in [0.4, 0.5) is 0 Å². The number of aliphatic hydroxyl groups excluding tert-OH is 6. The van der Waals surface area contributed by atoms with E-state index in [0.717, 1.165) is 12.2 Å². The second kappa shape index (κ2) is 18.4. The average Bonchev–Trinajstić information content (AvgIpc) is 3.00. The Bertz CT molecular complexity index is 1240. The minimum atomic E-state index is -2.27. The molecule has 276 valence electrons. The van der Waals surface area contributed by atoms with Gasteiger partial charge < -0.3 is 65.5 Å². The molecule has 0 aliphatic carbocycles. The first-order valence-electron chi connectivity index (χ1n) is 16.4. The fraction of sp³-hybridized carbons (Fsp3) is 0.647. The minimum absolute atomic E-state index is 0.171. The zero-order valence-electron chi connectivity index (χ0n) is 27.8. The molecule has 3 heterocycles. The number of cyclic esters (lactones) is 1. The van der Waals surface area contributed by atoms with Crippen LogP contribution in [0, 0.1) is 11.8 Å². The SMILES string of the molecule is CC1C=CC=CC=CC=CC(OC2OC(C)C(O)C(N)C2O)CC2OC(O)(CC(O)CC(O)C(O)C=CC(=O)OC1C)CC(O)C2C(=O)O. The summed E-state index contributed by atoms with van der Waals surface area (Å²) in [6, 6.07) is -1.11. The van der Waals surface area contributed by atoms with Crippen LogP contribution in [0.1, 0.15) is 46.5 Å². The van der Waals surface area contributed by atoms with Crippen molar-refractivity contribution in [1.29, 1.82) is 0 Å². The van der Waals surface area contributed by atoms with Crippen molar-refractivity contribution in [2.24, 2.45) is 17.6 Å². The summed E-state index contributed by atoms with van der Waals surface area (Å²) in [5.74, 6) is -6.15. The van der Waals surface area contributed by atoms with E-state index in [1.54, 1.807) is 50.3 Å². The van der Waals surface area contributed by atoms with Gasteiger partial charge in [-0.25, -0.2) is 4.79 Å². The van der Waals surface area contributed by atoms with E-state index in [1.807, 2.05) is 13.0 Å². The van der Waals surface area contributed by atoms with Gasteiger partial charge in [-0.15, -0.1) is 0 Å². The molecule has 0 aromatic rings. The maximum Gasteiger partial charge on any atom is 0.330 e. The lowest BCUT2D eigenvalue weighted by Gasteiger charge is -2.45. The van der Waals surface area contributed by atoms with Gasteiger partial charge in [-0.05, 0) is 19.9 Å². The van der Waals surface area contributed by atoms with Crippen molar-refractivity contribution in [1.82, 2.24) is 0 Å². The summed E-state index contributed by atoms with van der Waals surface area (Å²) in [4.78, 5) is 24.5. The van der Waals surface area contributed by atoms with Crippen molar-refractivity contribution in [2.45, 2.75) is 126 Å². The molecular formula is C34H51NO14. The molecule has 0 aromatic carbocycles. The van der Waals surface area contributed by atoms with E-state index in [2.05, 4.69) is 0 Å². The standard InChI is InChI=1S/C34H51NO14/c1-18-10-8-6-4-5-7-9-11-22(48-33-31(42)29(35)30(41)20(3)47-33)15-26-28(32(43)44)25(39)17-34(45,49-26)16-21(36)14-24(38)23(37)12-13-27(40)46-19(18)2/h4-13,18-26,28-31,33,36-39,41-42,45H,14-17,35H2,1-3H3,(H,43,44). The lowest BCUT2D eigenvalue weighted by Crippen LogP contribution is -2.61. The molecular weight excluding hydrogens is 646 g/mol. The topological polar surface area (TPSA) is 259 Å². The van der Waals surface area contributed by atoms with Crippen molar-refractivity contribution in [3.05, 3.63) is 60.8 Å². The Balaban J connectivity index is 1.94. The van der Waals surface area contributed by atoms with Gasteiger partial charge in [0.1, 0.15) is 18.1 Å². The van der Waals surface area contributed by atoms with E-state index in [1.165, 1.54) is 6.08 Å². The quantitative estimate of drug-likeness (QED) is 0.166. The second-order valence-electron chi connectivity index (χ2n) is 13.0. The fourth-order valence-electron chi connectivity index (χ4n) is 5.86. The molecule has 15 nitrogen and oxygen atoms in total. The number of allylic oxidation sites excluding steroid dienone is 6. The Hall–Kier alpha value is -2.80. The Morgan fingerprint density at radius 1 is 0.857 bits per heavy atom. The van der Waals surface area contributed by atoms with Gasteiger partial charge in [0.15, 0.2) is 12.1 Å². The van der Waals surface area contributed by atoms with Crippen molar-refractivity contribution >= 4 is 11.9 Å². The second-order valence-corrected chi connectivity index (χ2v) is 13.0. The summed E-state index contributed by atoms with van der Waals surface area (Å²) in [6.45, 7) is 5.09. The summed E-state index contributed by atoms with van der Waals surface area (Å²) in [7, 11) is 0. The fourth-order valence-corrected chi connectivity index (χ4v) is 5.86. The minimum Gasteiger partial charge on any atom is -0.481 e. The highest BCUT2D eigenvalue weighted by atomic mass is 16.7. The first-order chi connectivity index (χ1) is 23.0. The average molecular weight is 698 g/mol. The van der Waals surface area contributed by atoms with Crippen LogP contribution in [-0.4, -0.2) is 132 Å². The molecule has 2 fully saturated rings. The number of ether oxygens (including phenoxy) is 4. The van der Waals surface area contributed by atoms with Crippen LogP contribution in [-0.2, 0) is 28.5 Å². The lowest BCUT2D eigenvalue weighted by atomic mass is 9.82. The molecule has 0 saturated carbocycles. The molecule has 3 rings (SSSR count). The van der Waals surface area contributed by atoms with Crippen molar-refractivity contribution in [3.63, 3.8) is 0 Å². The number of hydrogen-bond donors (Lipinski definition) is 9. The summed E-state index contributed by atoms with van der Waals surface area (Å²) in [6.07, 6.45) is -0.575. The summed E-state index contributed by atoms with van der Waals surface area (Å²) in [5, 5.41) is 84.7. The lowest BCUT2D eigenvalue weighted by molar-refractivity contribution is -0.308. The van der Waals surface area contributed by atoms with Crippen LogP contribution in [0.3, 0.4) is 0 Å². The van der Waals surface area contributed by atoms with E-state index < -0.39 is 116 Å². The van der Waals surface area contributed by atoms with Crippen LogP contribution in [0.5, 0.6) is 0 Å². The number of aliphatic hydroxyl groups is 7. The van der Waals surface area contributed by atoms with Gasteiger partial charge in [-0.2, -0.15) is 0 Å². The summed E-state index contributed by atoms with van der Waals surface area (Å²) < 4.78 is 22.9. The highest BCUT2D eigenvalue weighted by Crippen LogP contribution is 2.38. The number of carbonyl (C=O) groups excluding carboxylic acids is 1. The number of hydrogen-bond acceptors (Lipinski definition) is 14. The van der Waals surface area contributed by atoms with Gasteiger partial charge in [0.2, 0.25) is 0 Å². The number of esters is 1. The van der Waals surface area contributed by atoms with Gasteiger partial charge in [-0.1, -0.05) is 55.5 Å². The Morgan fingerprint density at radius 2 is 1.49 bits per heavy atom. The van der Waals surface area contributed by atoms with Crippen LogP contribution < -0.4 is 5.73 Å². The van der Waals surface area contributed by atoms with E-state index in [9.17, 15) is 50.4 Å². The van der Waals surface area contributed by atoms with Gasteiger partial charge in [-0.3, -0.25) is 4.79 Å². The molecule has 2 saturated heterocycles. The maximum atomic E-state index is 12.3. The van der Waals surface area contributed by atoms with Crippen LogP contribution in [0.25, 0.3) is 0 Å². The third-order valence-electron chi connectivity index (χ3n) is 8.90. The monoisotopic (exact) mass is 697 g/mol. The molecule has 49 heavy (non-hydrogen) atoms. The molecule has 15 heteroatoms. The Kier molecular flexibility index (Phi) is 15.3. The Labute approximate surface area is 285 Å². The van der Waals surface area contributed by atoms with E-state index >= 15 is 0 Å². The number of carbonyl (C=O) groups is 2. The first-order valence-corrected chi connectivity index (χ1v) is 16.4. The Morgan fingerprint density at radius 3 is 2.14 bits per heavy atom. The highest BCUT2D eigenvalue weighted by Gasteiger charge is 2.51. The first kappa shape index (κ1) is 40.6. The number of aliphatic carboxylic acids is 1. The van der Waals surface area contributed by atoms with Crippen molar-refractivity contribution < 1.29 is 69.4 Å². The molecule has 0 radical (unpaired) electrons. The molecule has 15 atom stereocenters. The van der Waals surface area contributed by atoms with Crippen molar-refractivity contribution in [3.8, 4) is 0 Å². The molecule has 3 aliphatic rings. The number of fused-ring (bicyclic) bond motifs is 2. The predicted octanol–water partition coefficient (Wildman–Crippen LogP) is -0.680. The van der Waals surface area contributed by atoms with Crippen LogP contribution >= 0.6 is 0 Å². The number of nitrogens with two attached hydrogens (primary N) is 1. The van der Waals surface area contributed by atoms with Crippen LogP contribution in [0.15, 0.2) is 60.8 Å². The van der Waals surface area contributed by atoms with Crippen LogP contribution in [0.2, 0.25) is 0 Å². The molecule has 0 spiro atoms. The van der Waals surface area contributed by atoms with Gasteiger partial charge in [0.25, 0.3) is 0 Å². The zero-order chi connectivity index (χ0) is 36.5. The van der Waals surface area contributed by atoms with Gasteiger partial charge in [0.05, 0.1) is 54.9 Å². The van der Waals surface area contributed by atoms with E-state index in [4.69, 9.17) is 24.7 Å². The third kappa shape index (κ3) is 11.9. The predicted molar refractivity (Wildman–Crippen MR) is 173 cm³/mol. The normalized spacial score (nSPS) is 43.4. The smallest absolute Gasteiger partial charge is 0.330 e. The maximum absolute atomic E-state index is 12.3. The molecule has 3 aliphatic heterocycles. The molecule has 0 amide bonds. The number of rotatable bonds is 3. The molecule has 10 N–H and O–H groups in total. The third-order valence-corrected chi connectivity index (χ3v) is 8.90.